The van der Waals surface area contributed by atoms with Crippen LogP contribution in [0.2, 0.25) is 0 Å². The molecule has 0 aliphatic carbocycles. The molecule has 1 saturated heterocycles. The van der Waals surface area contributed by atoms with Gasteiger partial charge in [-0.25, -0.2) is 4.68 Å². The van der Waals surface area contributed by atoms with Gasteiger partial charge in [-0.3, -0.25) is 9.69 Å². The van der Waals surface area contributed by atoms with Gasteiger partial charge in [0.2, 0.25) is 0 Å². The van der Waals surface area contributed by atoms with Crippen molar-refractivity contribution in [2.45, 2.75) is 52.6 Å². The lowest BCUT2D eigenvalue weighted by Crippen LogP contribution is -2.36. The van der Waals surface area contributed by atoms with Crippen LogP contribution in [0.1, 0.15) is 53.5 Å². The van der Waals surface area contributed by atoms with Crippen LogP contribution in [0, 0.1) is 13.8 Å². The van der Waals surface area contributed by atoms with Crippen LogP contribution in [0.3, 0.4) is 0 Å². The Morgan fingerprint density at radius 3 is 2.60 bits per heavy atom. The maximum Gasteiger partial charge on any atom is 0.255 e. The monoisotopic (exact) mass is 402 g/mol. The molecule has 1 aliphatic rings. The van der Waals surface area contributed by atoms with Gasteiger partial charge in [-0.05, 0) is 88.2 Å². The molecule has 2 heterocycles. The third kappa shape index (κ3) is 4.62. The lowest BCUT2D eigenvalue weighted by Gasteiger charge is -2.33. The first-order chi connectivity index (χ1) is 14.5. The molecule has 1 aliphatic heterocycles. The number of nitrogens with zero attached hydrogens (tertiary/aromatic N) is 3. The van der Waals surface area contributed by atoms with Crippen molar-refractivity contribution >= 4 is 11.6 Å². The number of carbonyl (C=O) groups is 1. The van der Waals surface area contributed by atoms with Crippen molar-refractivity contribution in [1.82, 2.24) is 14.7 Å². The zero-order chi connectivity index (χ0) is 21.1. The number of hydrogen-bond donors (Lipinski definition) is 1. The zero-order valence-corrected chi connectivity index (χ0v) is 18.1. The molecule has 3 aromatic rings. The van der Waals surface area contributed by atoms with Crippen molar-refractivity contribution in [3.63, 3.8) is 0 Å². The Balaban J connectivity index is 1.43. The van der Waals surface area contributed by atoms with Crippen molar-refractivity contribution in [3.05, 3.63) is 77.1 Å². The third-order valence-electron chi connectivity index (χ3n) is 5.89. The van der Waals surface area contributed by atoms with Crippen LogP contribution in [-0.4, -0.2) is 33.2 Å². The molecule has 1 fully saturated rings. The average molecular weight is 403 g/mol. The summed E-state index contributed by atoms with van der Waals surface area (Å²) in [5.41, 5.74) is 5.72. The standard InChI is InChI=1S/C25H30N4O/c1-18-15-20(3)29(27-18)24-12-10-22(11-13-24)25(30)26-23-9-6-8-21(16-23)17-28-14-5-4-7-19(28)2/h6,8-13,15-16,19H,4-5,7,14,17H2,1-3H3,(H,26,30)/t19-/m1/s1. The summed E-state index contributed by atoms with van der Waals surface area (Å²) in [5, 5.41) is 7.54. The van der Waals surface area contributed by atoms with Gasteiger partial charge >= 0.3 is 0 Å². The van der Waals surface area contributed by atoms with E-state index in [4.69, 9.17) is 0 Å². The van der Waals surface area contributed by atoms with Crippen LogP contribution >= 0.6 is 0 Å². The fraction of sp³-hybridized carbons (Fsp3) is 0.360. The van der Waals surface area contributed by atoms with E-state index in [0.29, 0.717) is 11.6 Å². The van der Waals surface area contributed by atoms with Gasteiger partial charge in [0.1, 0.15) is 0 Å². The lowest BCUT2D eigenvalue weighted by molar-refractivity contribution is 0.102. The van der Waals surface area contributed by atoms with E-state index in [0.717, 1.165) is 35.9 Å². The van der Waals surface area contributed by atoms with Crippen LogP contribution in [0.15, 0.2) is 54.6 Å². The number of hydrogen-bond acceptors (Lipinski definition) is 3. The third-order valence-corrected chi connectivity index (χ3v) is 5.89. The predicted octanol–water partition coefficient (Wildman–Crippen LogP) is 5.12. The van der Waals surface area contributed by atoms with E-state index < -0.39 is 0 Å². The smallest absolute Gasteiger partial charge is 0.255 e. The summed E-state index contributed by atoms with van der Waals surface area (Å²) in [6.45, 7) is 8.39. The molecular weight excluding hydrogens is 372 g/mol. The summed E-state index contributed by atoms with van der Waals surface area (Å²) >= 11 is 0. The summed E-state index contributed by atoms with van der Waals surface area (Å²) in [7, 11) is 0. The Morgan fingerprint density at radius 1 is 1.10 bits per heavy atom. The molecule has 4 rings (SSSR count). The molecule has 0 radical (unpaired) electrons. The summed E-state index contributed by atoms with van der Waals surface area (Å²) in [5.74, 6) is -0.0987. The molecule has 1 aromatic heterocycles. The van der Waals surface area contributed by atoms with E-state index in [1.807, 2.05) is 61.0 Å². The largest absolute Gasteiger partial charge is 0.322 e. The first-order valence-electron chi connectivity index (χ1n) is 10.8. The fourth-order valence-electron chi connectivity index (χ4n) is 4.22. The van der Waals surface area contributed by atoms with Crippen LogP contribution in [0.5, 0.6) is 0 Å². The highest BCUT2D eigenvalue weighted by Gasteiger charge is 2.18. The lowest BCUT2D eigenvalue weighted by atomic mass is 10.0. The van der Waals surface area contributed by atoms with Crippen molar-refractivity contribution in [3.8, 4) is 5.69 Å². The second-order valence-corrected chi connectivity index (χ2v) is 8.36. The van der Waals surface area contributed by atoms with E-state index in [1.54, 1.807) is 0 Å². The number of aromatic nitrogens is 2. The fourth-order valence-corrected chi connectivity index (χ4v) is 4.22. The van der Waals surface area contributed by atoms with Crippen LogP contribution in [0.25, 0.3) is 5.69 Å². The zero-order valence-electron chi connectivity index (χ0n) is 18.1. The molecule has 0 saturated carbocycles. The van der Waals surface area contributed by atoms with E-state index >= 15 is 0 Å². The summed E-state index contributed by atoms with van der Waals surface area (Å²) < 4.78 is 1.89. The maximum absolute atomic E-state index is 12.7. The molecule has 0 unspecified atom stereocenters. The molecule has 1 amide bonds. The van der Waals surface area contributed by atoms with Crippen molar-refractivity contribution in [1.29, 1.82) is 0 Å². The molecule has 30 heavy (non-hydrogen) atoms. The van der Waals surface area contributed by atoms with Gasteiger partial charge in [-0.2, -0.15) is 5.10 Å². The molecule has 1 atom stereocenters. The normalized spacial score (nSPS) is 17.1. The summed E-state index contributed by atoms with van der Waals surface area (Å²) in [6, 6.07) is 18.4. The van der Waals surface area contributed by atoms with E-state index in [9.17, 15) is 4.79 Å². The Kier molecular flexibility index (Phi) is 6.00. The number of piperidine rings is 1. The number of nitrogens with one attached hydrogen (secondary N) is 1. The minimum atomic E-state index is -0.0987. The molecular formula is C25H30N4O. The van der Waals surface area contributed by atoms with Gasteiger partial charge in [0.15, 0.2) is 0 Å². The SMILES string of the molecule is Cc1cc(C)n(-c2ccc(C(=O)Nc3cccc(CN4CCCC[C@H]4C)c3)cc2)n1. The highest BCUT2D eigenvalue weighted by molar-refractivity contribution is 6.04. The molecule has 0 bridgehead atoms. The number of likely N-dealkylation sites (tertiary alicyclic amines) is 1. The van der Waals surface area contributed by atoms with Crippen molar-refractivity contribution in [2.75, 3.05) is 11.9 Å². The Morgan fingerprint density at radius 2 is 1.90 bits per heavy atom. The van der Waals surface area contributed by atoms with E-state index in [-0.39, 0.29) is 5.91 Å². The highest BCUT2D eigenvalue weighted by Crippen LogP contribution is 2.21. The van der Waals surface area contributed by atoms with Crippen LogP contribution in [-0.2, 0) is 6.54 Å². The first kappa shape index (κ1) is 20.4. The van der Waals surface area contributed by atoms with Gasteiger partial charge in [0.25, 0.3) is 5.91 Å². The second kappa shape index (κ2) is 8.84. The van der Waals surface area contributed by atoms with E-state index in [1.165, 1.54) is 24.8 Å². The first-order valence-corrected chi connectivity index (χ1v) is 10.8. The minimum Gasteiger partial charge on any atom is -0.322 e. The molecule has 2 aromatic carbocycles. The number of carbonyl (C=O) groups excluding carboxylic acids is 1. The molecule has 156 valence electrons. The number of aryl methyl sites for hydroxylation is 2. The van der Waals surface area contributed by atoms with Gasteiger partial charge in [-0.1, -0.05) is 18.6 Å². The highest BCUT2D eigenvalue weighted by atomic mass is 16.1. The van der Waals surface area contributed by atoms with Gasteiger partial charge < -0.3 is 5.32 Å². The van der Waals surface area contributed by atoms with Crippen LogP contribution in [0.4, 0.5) is 5.69 Å². The van der Waals surface area contributed by atoms with Crippen molar-refractivity contribution < 1.29 is 4.79 Å². The number of amides is 1. The number of anilines is 1. The second-order valence-electron chi connectivity index (χ2n) is 8.36. The Bertz CT molecular complexity index is 1020. The minimum absolute atomic E-state index is 0.0987. The Hall–Kier alpha value is -2.92. The quantitative estimate of drug-likeness (QED) is 0.645. The average Bonchev–Trinajstić information content (AvgIpc) is 3.08. The molecule has 1 N–H and O–H groups in total. The van der Waals surface area contributed by atoms with Gasteiger partial charge in [0.05, 0.1) is 11.4 Å². The topological polar surface area (TPSA) is 50.2 Å². The molecule has 5 heteroatoms. The van der Waals surface area contributed by atoms with Gasteiger partial charge in [0, 0.05) is 29.5 Å². The predicted molar refractivity (Wildman–Crippen MR) is 121 cm³/mol. The van der Waals surface area contributed by atoms with E-state index in [2.05, 4.69) is 34.4 Å². The van der Waals surface area contributed by atoms with Crippen molar-refractivity contribution in [2.24, 2.45) is 0 Å². The maximum atomic E-state index is 12.7. The Labute approximate surface area is 178 Å². The summed E-state index contributed by atoms with van der Waals surface area (Å²) in [4.78, 5) is 15.3. The molecule has 0 spiro atoms. The number of benzene rings is 2. The van der Waals surface area contributed by atoms with Gasteiger partial charge in [-0.15, -0.1) is 0 Å². The summed E-state index contributed by atoms with van der Waals surface area (Å²) in [6.07, 6.45) is 3.87. The van der Waals surface area contributed by atoms with Crippen LogP contribution < -0.4 is 5.32 Å². The molecule has 5 nitrogen and oxygen atoms in total. The number of rotatable bonds is 5.